The van der Waals surface area contributed by atoms with Crippen LogP contribution in [0.1, 0.15) is 54.0 Å². The summed E-state index contributed by atoms with van der Waals surface area (Å²) in [6.07, 6.45) is 1.67. The minimum absolute atomic E-state index is 0.315. The van der Waals surface area contributed by atoms with E-state index in [1.807, 2.05) is 47.6 Å². The Bertz CT molecular complexity index is 624. The Morgan fingerprint density at radius 1 is 1.23 bits per heavy atom. The van der Waals surface area contributed by atoms with Crippen LogP contribution in [-0.4, -0.2) is 16.9 Å². The van der Waals surface area contributed by atoms with Crippen LogP contribution in [0, 0.1) is 10.8 Å². The van der Waals surface area contributed by atoms with Gasteiger partial charge in [0.25, 0.3) is 5.79 Å². The van der Waals surface area contributed by atoms with Crippen LogP contribution in [0.3, 0.4) is 0 Å². The first kappa shape index (κ1) is 16.5. The van der Waals surface area contributed by atoms with E-state index in [0.29, 0.717) is 17.3 Å². The number of carbonyl (C=O) groups is 1. The highest BCUT2D eigenvalue weighted by molar-refractivity contribution is 5.86. The van der Waals surface area contributed by atoms with Gasteiger partial charge in [-0.05, 0) is 32.9 Å². The van der Waals surface area contributed by atoms with Crippen LogP contribution in [0.15, 0.2) is 23.3 Å². The van der Waals surface area contributed by atoms with Gasteiger partial charge in [0, 0.05) is 18.5 Å². The van der Waals surface area contributed by atoms with Crippen molar-refractivity contribution in [2.75, 3.05) is 0 Å². The molecule has 1 aliphatic heterocycles. The minimum Gasteiger partial charge on any atom is -0.434 e. The molecule has 2 heterocycles. The largest absolute Gasteiger partial charge is 0.434 e. The van der Waals surface area contributed by atoms with E-state index in [1.54, 1.807) is 19.2 Å². The van der Waals surface area contributed by atoms with E-state index in [-0.39, 0.29) is 11.4 Å². The van der Waals surface area contributed by atoms with E-state index in [9.17, 15) is 4.79 Å². The van der Waals surface area contributed by atoms with E-state index < -0.39 is 11.2 Å². The van der Waals surface area contributed by atoms with Gasteiger partial charge in [-0.3, -0.25) is 4.79 Å². The second-order valence-corrected chi connectivity index (χ2v) is 7.73. The Hall–Kier alpha value is -1.91. The van der Waals surface area contributed by atoms with Crippen molar-refractivity contribution in [1.82, 2.24) is 4.98 Å². The lowest BCUT2D eigenvalue weighted by molar-refractivity contribution is -0.212. The van der Waals surface area contributed by atoms with E-state index in [2.05, 4.69) is 9.98 Å². The van der Waals surface area contributed by atoms with E-state index in [0.717, 1.165) is 0 Å². The molecule has 1 unspecified atom stereocenters. The van der Waals surface area contributed by atoms with Gasteiger partial charge in [0.05, 0.1) is 11.0 Å². The smallest absolute Gasteiger partial charge is 0.314 e. The maximum atomic E-state index is 12.3. The zero-order valence-electron chi connectivity index (χ0n) is 14.4. The number of hydrogen-bond donors (Lipinski definition) is 0. The molecule has 0 spiro atoms. The van der Waals surface area contributed by atoms with Crippen LogP contribution in [0.4, 0.5) is 5.82 Å². The SMILES string of the molecule is CC(C)(C)C(=O)OC1(C)OC(C(C)(C)C)=Nc2ncccc21. The summed E-state index contributed by atoms with van der Waals surface area (Å²) < 4.78 is 11.7. The average Bonchev–Trinajstić information content (AvgIpc) is 2.36. The van der Waals surface area contributed by atoms with Gasteiger partial charge in [0.15, 0.2) is 11.7 Å². The molecule has 22 heavy (non-hydrogen) atoms. The molecular weight excluding hydrogens is 280 g/mol. The van der Waals surface area contributed by atoms with Crippen molar-refractivity contribution in [3.63, 3.8) is 0 Å². The average molecular weight is 304 g/mol. The number of carbonyl (C=O) groups excluding carboxylic acids is 1. The van der Waals surface area contributed by atoms with E-state index in [4.69, 9.17) is 9.47 Å². The fraction of sp³-hybridized carbons (Fsp3) is 0.588. The minimum atomic E-state index is -1.22. The molecular formula is C17H24N2O3. The molecule has 0 aromatic carbocycles. The summed E-state index contributed by atoms with van der Waals surface area (Å²) in [5.41, 5.74) is -0.281. The lowest BCUT2D eigenvalue weighted by Gasteiger charge is -2.38. The molecule has 0 amide bonds. The maximum absolute atomic E-state index is 12.3. The molecule has 0 fully saturated rings. The number of ether oxygens (including phenoxy) is 2. The number of hydrogen-bond acceptors (Lipinski definition) is 5. The summed E-state index contributed by atoms with van der Waals surface area (Å²) in [5.74, 6) is -0.524. The Balaban J connectivity index is 2.48. The molecule has 120 valence electrons. The third-order valence-electron chi connectivity index (χ3n) is 3.32. The maximum Gasteiger partial charge on any atom is 0.314 e. The van der Waals surface area contributed by atoms with Crippen LogP contribution < -0.4 is 0 Å². The van der Waals surface area contributed by atoms with Crippen LogP contribution in [0.25, 0.3) is 0 Å². The molecule has 1 atom stereocenters. The number of rotatable bonds is 1. The fourth-order valence-corrected chi connectivity index (χ4v) is 1.93. The molecule has 5 heteroatoms. The van der Waals surface area contributed by atoms with Crippen molar-refractivity contribution in [2.24, 2.45) is 15.8 Å². The number of esters is 1. The van der Waals surface area contributed by atoms with E-state index >= 15 is 0 Å². The van der Waals surface area contributed by atoms with Crippen LogP contribution in [-0.2, 0) is 20.1 Å². The van der Waals surface area contributed by atoms with Crippen molar-refractivity contribution < 1.29 is 14.3 Å². The number of aromatic nitrogens is 1. The highest BCUT2D eigenvalue weighted by atomic mass is 16.7. The van der Waals surface area contributed by atoms with Gasteiger partial charge in [-0.15, -0.1) is 0 Å². The molecule has 2 rings (SSSR count). The summed E-state index contributed by atoms with van der Waals surface area (Å²) in [6.45, 7) is 13.1. The number of aliphatic imine (C=N–C) groups is 1. The summed E-state index contributed by atoms with van der Waals surface area (Å²) >= 11 is 0. The standard InChI is InChI=1S/C17H24N2O3/c1-15(2,3)13-19-12-11(9-8-10-18-12)17(7,21-13)22-14(20)16(4,5)6/h8-10H,1-7H3. The number of pyridine rings is 1. The molecule has 1 aromatic rings. The van der Waals surface area contributed by atoms with Gasteiger partial charge in [0.1, 0.15) is 0 Å². The monoisotopic (exact) mass is 304 g/mol. The fourth-order valence-electron chi connectivity index (χ4n) is 1.93. The van der Waals surface area contributed by atoms with Crippen LogP contribution >= 0.6 is 0 Å². The molecule has 1 aliphatic rings. The van der Waals surface area contributed by atoms with Crippen LogP contribution in [0.2, 0.25) is 0 Å². The highest BCUT2D eigenvalue weighted by Gasteiger charge is 2.44. The third kappa shape index (κ3) is 3.13. The Morgan fingerprint density at radius 3 is 2.41 bits per heavy atom. The zero-order valence-corrected chi connectivity index (χ0v) is 14.4. The van der Waals surface area contributed by atoms with Crippen molar-refractivity contribution in [3.8, 4) is 0 Å². The Kier molecular flexibility index (Phi) is 3.80. The summed E-state index contributed by atoms with van der Waals surface area (Å²) in [4.78, 5) is 21.1. The second kappa shape index (κ2) is 5.07. The van der Waals surface area contributed by atoms with Crippen LogP contribution in [0.5, 0.6) is 0 Å². The molecule has 0 radical (unpaired) electrons. The number of fused-ring (bicyclic) bond motifs is 1. The van der Waals surface area contributed by atoms with Gasteiger partial charge < -0.3 is 9.47 Å². The number of nitrogens with zero attached hydrogens (tertiary/aromatic N) is 2. The molecule has 1 aromatic heterocycles. The zero-order chi connectivity index (χ0) is 16.8. The highest BCUT2D eigenvalue weighted by Crippen LogP contribution is 2.41. The van der Waals surface area contributed by atoms with Gasteiger partial charge >= 0.3 is 5.97 Å². The Morgan fingerprint density at radius 2 is 1.86 bits per heavy atom. The molecule has 0 N–H and O–H groups in total. The molecule has 0 saturated heterocycles. The summed E-state index contributed by atoms with van der Waals surface area (Å²) in [5, 5.41) is 0. The molecule has 0 bridgehead atoms. The summed E-state index contributed by atoms with van der Waals surface area (Å²) in [7, 11) is 0. The van der Waals surface area contributed by atoms with Gasteiger partial charge in [-0.2, -0.15) is 4.99 Å². The second-order valence-electron chi connectivity index (χ2n) is 7.73. The van der Waals surface area contributed by atoms with Crippen molar-refractivity contribution in [1.29, 1.82) is 0 Å². The van der Waals surface area contributed by atoms with Gasteiger partial charge in [-0.1, -0.05) is 20.8 Å². The first-order valence-corrected chi connectivity index (χ1v) is 7.40. The normalized spacial score (nSPS) is 21.5. The Labute approximate surface area is 131 Å². The topological polar surface area (TPSA) is 60.8 Å². The first-order chi connectivity index (χ1) is 9.93. The van der Waals surface area contributed by atoms with Gasteiger partial charge in [0.2, 0.25) is 0 Å². The lowest BCUT2D eigenvalue weighted by Crippen LogP contribution is -2.43. The third-order valence-corrected chi connectivity index (χ3v) is 3.32. The van der Waals surface area contributed by atoms with Gasteiger partial charge in [-0.25, -0.2) is 4.98 Å². The predicted octanol–water partition coefficient (Wildman–Crippen LogP) is 3.95. The molecule has 0 saturated carbocycles. The summed E-state index contributed by atoms with van der Waals surface area (Å²) in [6, 6.07) is 3.60. The molecule has 0 aliphatic carbocycles. The lowest BCUT2D eigenvalue weighted by atomic mass is 9.94. The van der Waals surface area contributed by atoms with Crippen molar-refractivity contribution in [3.05, 3.63) is 23.9 Å². The van der Waals surface area contributed by atoms with Crippen molar-refractivity contribution in [2.45, 2.75) is 54.3 Å². The quantitative estimate of drug-likeness (QED) is 0.737. The van der Waals surface area contributed by atoms with Crippen molar-refractivity contribution >= 4 is 17.7 Å². The molecule has 5 nitrogen and oxygen atoms in total. The first-order valence-electron chi connectivity index (χ1n) is 7.40. The van der Waals surface area contributed by atoms with E-state index in [1.165, 1.54) is 0 Å². The predicted molar refractivity (Wildman–Crippen MR) is 84.8 cm³/mol.